The van der Waals surface area contributed by atoms with Gasteiger partial charge in [0.05, 0.1) is 19.1 Å². The van der Waals surface area contributed by atoms with Gasteiger partial charge in [-0.1, -0.05) is 17.3 Å². The van der Waals surface area contributed by atoms with Gasteiger partial charge in [-0.15, -0.1) is 0 Å². The molecular formula is C17H14N6O4. The number of ether oxygens (including phenoxy) is 1. The highest BCUT2D eigenvalue weighted by Crippen LogP contribution is 2.18. The Kier molecular flexibility index (Phi) is 3.99. The molecule has 3 aromatic heterocycles. The maximum atomic E-state index is 11.9. The fourth-order valence-electron chi connectivity index (χ4n) is 2.58. The van der Waals surface area contributed by atoms with Crippen LogP contribution < -0.4 is 5.56 Å². The van der Waals surface area contributed by atoms with Gasteiger partial charge in [0, 0.05) is 17.3 Å². The first-order valence-corrected chi connectivity index (χ1v) is 8.00. The van der Waals surface area contributed by atoms with Crippen LogP contribution in [0, 0.1) is 6.92 Å². The van der Waals surface area contributed by atoms with Crippen LogP contribution in [-0.4, -0.2) is 42.8 Å². The summed E-state index contributed by atoms with van der Waals surface area (Å²) in [6.45, 7) is 1.73. The summed E-state index contributed by atoms with van der Waals surface area (Å²) in [5.41, 5.74) is 1.47. The molecule has 0 spiro atoms. The fraction of sp³-hybridized carbons (Fsp3) is 0.176. The van der Waals surface area contributed by atoms with Gasteiger partial charge >= 0.3 is 5.97 Å². The van der Waals surface area contributed by atoms with Crippen LogP contribution >= 0.6 is 0 Å². The minimum atomic E-state index is -0.417. The number of fused-ring (bicyclic) bond motifs is 1. The first-order valence-electron chi connectivity index (χ1n) is 8.00. The van der Waals surface area contributed by atoms with Gasteiger partial charge in [0.15, 0.2) is 0 Å². The molecule has 0 bridgehead atoms. The predicted octanol–water partition coefficient (Wildman–Crippen LogP) is 1.15. The number of nitrogens with zero attached hydrogens (tertiary/aromatic N) is 5. The summed E-state index contributed by atoms with van der Waals surface area (Å²) in [6, 6.07) is 8.06. The zero-order chi connectivity index (χ0) is 19.0. The molecule has 0 saturated heterocycles. The van der Waals surface area contributed by atoms with E-state index >= 15 is 0 Å². The number of aromatic amines is 1. The van der Waals surface area contributed by atoms with Gasteiger partial charge in [0.1, 0.15) is 5.82 Å². The summed E-state index contributed by atoms with van der Waals surface area (Å²) < 4.78 is 11.2. The molecule has 0 aliphatic carbocycles. The van der Waals surface area contributed by atoms with Gasteiger partial charge in [-0.25, -0.2) is 9.78 Å². The topological polar surface area (TPSA) is 128 Å². The average Bonchev–Trinajstić information content (AvgIpc) is 3.28. The Labute approximate surface area is 151 Å². The average molecular weight is 366 g/mol. The van der Waals surface area contributed by atoms with Crippen LogP contribution in [0.1, 0.15) is 27.8 Å². The van der Waals surface area contributed by atoms with Crippen molar-refractivity contribution in [2.24, 2.45) is 0 Å². The zero-order valence-corrected chi connectivity index (χ0v) is 14.5. The summed E-state index contributed by atoms with van der Waals surface area (Å²) >= 11 is 0. The number of hydrogen-bond donors (Lipinski definition) is 1. The van der Waals surface area contributed by atoms with E-state index in [9.17, 15) is 9.59 Å². The SMILES string of the molecule is COC(=O)c1ccc(-c2noc(Cc3nc4nc(C)cc(=O)n4[nH]3)n2)cc1. The highest BCUT2D eigenvalue weighted by atomic mass is 16.5. The number of aromatic nitrogens is 6. The number of rotatable bonds is 4. The van der Waals surface area contributed by atoms with E-state index in [2.05, 4.69) is 29.9 Å². The second kappa shape index (κ2) is 6.48. The van der Waals surface area contributed by atoms with Crippen LogP contribution in [0.15, 0.2) is 39.6 Å². The Morgan fingerprint density at radius 3 is 2.74 bits per heavy atom. The second-order valence-corrected chi connectivity index (χ2v) is 5.80. The minimum absolute atomic E-state index is 0.217. The van der Waals surface area contributed by atoms with Gasteiger partial charge < -0.3 is 9.26 Å². The molecule has 0 aliphatic rings. The number of aryl methyl sites for hydroxylation is 1. The van der Waals surface area contributed by atoms with E-state index in [0.717, 1.165) is 0 Å². The molecule has 10 nitrogen and oxygen atoms in total. The van der Waals surface area contributed by atoms with Crippen LogP contribution in [0.3, 0.4) is 0 Å². The Hall–Kier alpha value is -3.82. The van der Waals surface area contributed by atoms with Crippen LogP contribution in [0.2, 0.25) is 0 Å². The standard InChI is InChI=1S/C17H14N6O4/c1-9-7-14(24)23-17(18-9)19-12(21-23)8-13-20-15(22-27-13)10-3-5-11(6-4-10)16(25)26-2/h3-7H,8H2,1-2H3,(H,18,19,21). The Bertz CT molecular complexity index is 1190. The van der Waals surface area contributed by atoms with Crippen molar-refractivity contribution >= 4 is 11.7 Å². The van der Waals surface area contributed by atoms with Gasteiger partial charge in [0.25, 0.3) is 11.3 Å². The third kappa shape index (κ3) is 3.19. The van der Waals surface area contributed by atoms with Crippen LogP contribution in [0.25, 0.3) is 17.2 Å². The van der Waals surface area contributed by atoms with Crippen molar-refractivity contribution in [2.75, 3.05) is 7.11 Å². The van der Waals surface area contributed by atoms with Crippen LogP contribution in [-0.2, 0) is 11.2 Å². The highest BCUT2D eigenvalue weighted by Gasteiger charge is 2.14. The van der Waals surface area contributed by atoms with Gasteiger partial charge in [-0.05, 0) is 19.1 Å². The van der Waals surface area contributed by atoms with E-state index in [-0.39, 0.29) is 17.8 Å². The van der Waals surface area contributed by atoms with E-state index in [4.69, 9.17) is 4.52 Å². The summed E-state index contributed by atoms with van der Waals surface area (Å²) in [5.74, 6) is 1.04. The summed E-state index contributed by atoms with van der Waals surface area (Å²) in [6.07, 6.45) is 0.217. The van der Waals surface area contributed by atoms with Gasteiger partial charge in [-0.3, -0.25) is 9.89 Å². The van der Waals surface area contributed by atoms with Gasteiger partial charge in [0.2, 0.25) is 11.7 Å². The van der Waals surface area contributed by atoms with E-state index in [1.807, 2.05) is 0 Å². The van der Waals surface area contributed by atoms with E-state index in [1.165, 1.54) is 17.7 Å². The van der Waals surface area contributed by atoms with Crippen LogP contribution in [0.5, 0.6) is 0 Å². The lowest BCUT2D eigenvalue weighted by molar-refractivity contribution is 0.0600. The molecule has 10 heteroatoms. The summed E-state index contributed by atoms with van der Waals surface area (Å²) in [5, 5.41) is 6.80. The first kappa shape index (κ1) is 16.6. The number of carbonyl (C=O) groups excluding carboxylic acids is 1. The molecule has 0 fully saturated rings. The Balaban J connectivity index is 1.57. The molecule has 0 radical (unpaired) electrons. The minimum Gasteiger partial charge on any atom is -0.465 e. The van der Waals surface area contributed by atoms with E-state index in [1.54, 1.807) is 31.2 Å². The maximum absolute atomic E-state index is 11.9. The highest BCUT2D eigenvalue weighted by molar-refractivity contribution is 5.89. The smallest absolute Gasteiger partial charge is 0.337 e. The molecule has 136 valence electrons. The van der Waals surface area contributed by atoms with Crippen molar-refractivity contribution in [3.05, 3.63) is 63.7 Å². The lowest BCUT2D eigenvalue weighted by atomic mass is 10.1. The lowest BCUT2D eigenvalue weighted by Crippen LogP contribution is -2.14. The molecule has 0 atom stereocenters. The molecule has 1 aromatic carbocycles. The molecular weight excluding hydrogens is 352 g/mol. The Morgan fingerprint density at radius 2 is 2.00 bits per heavy atom. The van der Waals surface area contributed by atoms with Crippen molar-refractivity contribution < 1.29 is 14.1 Å². The quantitative estimate of drug-likeness (QED) is 0.533. The number of benzene rings is 1. The molecule has 0 aliphatic heterocycles. The van der Waals surface area contributed by atoms with Crippen molar-refractivity contribution in [2.45, 2.75) is 13.3 Å². The van der Waals surface area contributed by atoms with E-state index < -0.39 is 5.97 Å². The monoisotopic (exact) mass is 366 g/mol. The number of esters is 1. The summed E-state index contributed by atoms with van der Waals surface area (Å²) in [4.78, 5) is 36.2. The number of carbonyl (C=O) groups is 1. The third-order valence-corrected chi connectivity index (χ3v) is 3.86. The first-order chi connectivity index (χ1) is 13.0. The van der Waals surface area contributed by atoms with Gasteiger partial charge in [-0.2, -0.15) is 14.5 Å². The third-order valence-electron chi connectivity index (χ3n) is 3.86. The summed E-state index contributed by atoms with van der Waals surface area (Å²) in [7, 11) is 1.32. The van der Waals surface area contributed by atoms with Crippen molar-refractivity contribution in [3.8, 4) is 11.4 Å². The largest absolute Gasteiger partial charge is 0.465 e. The second-order valence-electron chi connectivity index (χ2n) is 5.80. The molecule has 0 amide bonds. The number of H-pyrrole nitrogens is 1. The normalized spacial score (nSPS) is 11.0. The molecule has 4 rings (SSSR count). The number of hydrogen-bond acceptors (Lipinski definition) is 8. The van der Waals surface area contributed by atoms with Crippen molar-refractivity contribution in [1.82, 2.24) is 29.7 Å². The number of methoxy groups -OCH3 is 1. The molecule has 1 N–H and O–H groups in total. The maximum Gasteiger partial charge on any atom is 0.337 e. The molecule has 0 unspecified atom stereocenters. The van der Waals surface area contributed by atoms with Crippen LogP contribution in [0.4, 0.5) is 0 Å². The number of nitrogens with one attached hydrogen (secondary N) is 1. The van der Waals surface area contributed by atoms with Crippen molar-refractivity contribution in [1.29, 1.82) is 0 Å². The lowest BCUT2D eigenvalue weighted by Gasteiger charge is -1.99. The Morgan fingerprint density at radius 1 is 1.22 bits per heavy atom. The molecule has 0 saturated carbocycles. The molecule has 4 aromatic rings. The van der Waals surface area contributed by atoms with Crippen molar-refractivity contribution in [3.63, 3.8) is 0 Å². The molecule has 3 heterocycles. The fourth-order valence-corrected chi connectivity index (χ4v) is 2.58. The molecule has 27 heavy (non-hydrogen) atoms. The zero-order valence-electron chi connectivity index (χ0n) is 14.5. The predicted molar refractivity (Wildman–Crippen MR) is 92.2 cm³/mol. The van der Waals surface area contributed by atoms with E-state index in [0.29, 0.717) is 34.4 Å².